The second-order valence-electron chi connectivity index (χ2n) is 6.28. The second kappa shape index (κ2) is 8.92. The van der Waals surface area contributed by atoms with Crippen molar-refractivity contribution in [3.05, 3.63) is 59.0 Å². The van der Waals surface area contributed by atoms with Gasteiger partial charge in [-0.15, -0.1) is 0 Å². The predicted molar refractivity (Wildman–Crippen MR) is 98.6 cm³/mol. The molecule has 0 aliphatic carbocycles. The van der Waals surface area contributed by atoms with Gasteiger partial charge >= 0.3 is 6.03 Å². The van der Waals surface area contributed by atoms with Gasteiger partial charge in [0.05, 0.1) is 12.3 Å². The molecule has 2 heterocycles. The van der Waals surface area contributed by atoms with Crippen molar-refractivity contribution in [2.24, 2.45) is 0 Å². The number of likely N-dealkylation sites (tertiary alicyclic amines) is 1. The number of urea groups is 1. The maximum Gasteiger partial charge on any atom is 0.315 e. The summed E-state index contributed by atoms with van der Waals surface area (Å²) in [5, 5.41) is 6.48. The van der Waals surface area contributed by atoms with Crippen molar-refractivity contribution in [2.75, 3.05) is 19.6 Å². The Bertz CT molecular complexity index is 669. The van der Waals surface area contributed by atoms with Gasteiger partial charge in [0, 0.05) is 18.1 Å². The van der Waals surface area contributed by atoms with Crippen molar-refractivity contribution in [1.82, 2.24) is 15.5 Å². The molecule has 0 radical (unpaired) electrons. The third kappa shape index (κ3) is 5.00. The standard InChI is InChI=1S/C19H24ClN3O2/c20-16-8-3-2-7-15(16)13-21-19(24)22-14-17(18-9-6-12-25-18)23-10-4-1-5-11-23/h2-3,6-9,12,17H,1,4-5,10-11,13-14H2,(H2,21,22,24). The van der Waals surface area contributed by atoms with Crippen LogP contribution in [0.5, 0.6) is 0 Å². The van der Waals surface area contributed by atoms with E-state index in [1.54, 1.807) is 6.26 Å². The number of carbonyl (C=O) groups excluding carboxylic acids is 1. The van der Waals surface area contributed by atoms with Crippen LogP contribution in [0.15, 0.2) is 47.1 Å². The van der Waals surface area contributed by atoms with Gasteiger partial charge in [-0.25, -0.2) is 4.79 Å². The number of rotatable bonds is 6. The van der Waals surface area contributed by atoms with Crippen molar-refractivity contribution in [3.8, 4) is 0 Å². The first-order chi connectivity index (χ1) is 12.2. The molecule has 1 atom stereocenters. The number of piperidine rings is 1. The van der Waals surface area contributed by atoms with E-state index in [2.05, 4.69) is 15.5 Å². The summed E-state index contributed by atoms with van der Waals surface area (Å²) >= 11 is 6.11. The monoisotopic (exact) mass is 361 g/mol. The highest BCUT2D eigenvalue weighted by molar-refractivity contribution is 6.31. The van der Waals surface area contributed by atoms with Crippen LogP contribution in [0.25, 0.3) is 0 Å². The molecule has 25 heavy (non-hydrogen) atoms. The van der Waals surface area contributed by atoms with Crippen LogP contribution in [-0.4, -0.2) is 30.6 Å². The van der Waals surface area contributed by atoms with Crippen LogP contribution in [0.3, 0.4) is 0 Å². The molecule has 2 N–H and O–H groups in total. The van der Waals surface area contributed by atoms with Gasteiger partial charge in [0.1, 0.15) is 5.76 Å². The third-order valence-corrected chi connectivity index (χ3v) is 4.92. The number of nitrogens with zero attached hydrogens (tertiary/aromatic N) is 1. The molecule has 6 heteroatoms. The average Bonchev–Trinajstić information content (AvgIpc) is 3.16. The summed E-state index contributed by atoms with van der Waals surface area (Å²) in [6.45, 7) is 2.99. The van der Waals surface area contributed by atoms with Gasteiger partial charge in [0.2, 0.25) is 0 Å². The zero-order valence-corrected chi connectivity index (χ0v) is 15.0. The van der Waals surface area contributed by atoms with Crippen LogP contribution in [0.4, 0.5) is 4.79 Å². The first kappa shape index (κ1) is 17.8. The van der Waals surface area contributed by atoms with E-state index in [1.807, 2.05) is 36.4 Å². The molecule has 134 valence electrons. The lowest BCUT2D eigenvalue weighted by Gasteiger charge is -2.33. The molecule has 1 aliphatic rings. The number of hydrogen-bond donors (Lipinski definition) is 2. The molecule has 1 aliphatic heterocycles. The Kier molecular flexibility index (Phi) is 6.36. The smallest absolute Gasteiger partial charge is 0.315 e. The summed E-state index contributed by atoms with van der Waals surface area (Å²) in [4.78, 5) is 14.6. The van der Waals surface area contributed by atoms with Crippen molar-refractivity contribution >= 4 is 17.6 Å². The molecule has 0 bridgehead atoms. The van der Waals surface area contributed by atoms with Gasteiger partial charge in [-0.05, 0) is 49.7 Å². The summed E-state index contributed by atoms with van der Waals surface area (Å²) in [7, 11) is 0. The number of amides is 2. The second-order valence-corrected chi connectivity index (χ2v) is 6.69. The summed E-state index contributed by atoms with van der Waals surface area (Å²) in [5.74, 6) is 0.897. The van der Waals surface area contributed by atoms with Crippen molar-refractivity contribution in [1.29, 1.82) is 0 Å². The normalized spacial score (nSPS) is 16.4. The Morgan fingerprint density at radius 2 is 1.92 bits per heavy atom. The van der Waals surface area contributed by atoms with Crippen molar-refractivity contribution < 1.29 is 9.21 Å². The first-order valence-corrected chi connectivity index (χ1v) is 9.14. The van der Waals surface area contributed by atoms with Gasteiger partial charge in [0.25, 0.3) is 0 Å². The lowest BCUT2D eigenvalue weighted by molar-refractivity contribution is 0.143. The highest BCUT2D eigenvalue weighted by atomic mass is 35.5. The number of nitrogens with one attached hydrogen (secondary N) is 2. The van der Waals surface area contributed by atoms with E-state index in [9.17, 15) is 4.79 Å². The molecule has 5 nitrogen and oxygen atoms in total. The van der Waals surface area contributed by atoms with E-state index in [1.165, 1.54) is 19.3 Å². The molecular weight excluding hydrogens is 338 g/mol. The number of hydrogen-bond acceptors (Lipinski definition) is 3. The quantitative estimate of drug-likeness (QED) is 0.818. The summed E-state index contributed by atoms with van der Waals surface area (Å²) in [6, 6.07) is 11.2. The molecule has 1 unspecified atom stereocenters. The molecule has 3 rings (SSSR count). The van der Waals surface area contributed by atoms with Crippen LogP contribution in [0.1, 0.15) is 36.6 Å². The largest absolute Gasteiger partial charge is 0.468 e. The topological polar surface area (TPSA) is 57.5 Å². The number of benzene rings is 1. The maximum atomic E-state index is 12.2. The van der Waals surface area contributed by atoms with Crippen LogP contribution >= 0.6 is 11.6 Å². The van der Waals surface area contributed by atoms with E-state index in [-0.39, 0.29) is 12.1 Å². The molecule has 1 saturated heterocycles. The highest BCUT2D eigenvalue weighted by Crippen LogP contribution is 2.24. The molecule has 0 saturated carbocycles. The number of carbonyl (C=O) groups is 1. The Balaban J connectivity index is 1.53. The summed E-state index contributed by atoms with van der Waals surface area (Å²) < 4.78 is 5.60. The van der Waals surface area contributed by atoms with Crippen molar-refractivity contribution in [2.45, 2.75) is 31.8 Å². The molecule has 1 aromatic heterocycles. The average molecular weight is 362 g/mol. The zero-order chi connectivity index (χ0) is 17.5. The highest BCUT2D eigenvalue weighted by Gasteiger charge is 2.24. The molecule has 2 aromatic rings. The summed E-state index contributed by atoms with van der Waals surface area (Å²) in [5.41, 5.74) is 0.901. The Hall–Kier alpha value is -1.98. The first-order valence-electron chi connectivity index (χ1n) is 8.76. The Labute approximate surface area is 153 Å². The molecule has 1 aromatic carbocycles. The van der Waals surface area contributed by atoms with E-state index in [4.69, 9.17) is 16.0 Å². The van der Waals surface area contributed by atoms with Crippen LogP contribution in [0, 0.1) is 0 Å². The minimum atomic E-state index is -0.200. The number of halogens is 1. The molecular formula is C19H24ClN3O2. The minimum absolute atomic E-state index is 0.0707. The van der Waals surface area contributed by atoms with E-state index in [0.717, 1.165) is 24.4 Å². The maximum absolute atomic E-state index is 12.2. The van der Waals surface area contributed by atoms with E-state index >= 15 is 0 Å². The van der Waals surface area contributed by atoms with Crippen LogP contribution in [-0.2, 0) is 6.54 Å². The molecule has 2 amide bonds. The van der Waals surface area contributed by atoms with Crippen LogP contribution in [0.2, 0.25) is 5.02 Å². The Morgan fingerprint density at radius 3 is 2.64 bits per heavy atom. The van der Waals surface area contributed by atoms with Crippen LogP contribution < -0.4 is 10.6 Å². The van der Waals surface area contributed by atoms with E-state index < -0.39 is 0 Å². The van der Waals surface area contributed by atoms with Gasteiger partial charge in [-0.2, -0.15) is 0 Å². The third-order valence-electron chi connectivity index (χ3n) is 4.56. The minimum Gasteiger partial charge on any atom is -0.468 e. The van der Waals surface area contributed by atoms with E-state index in [0.29, 0.717) is 18.1 Å². The van der Waals surface area contributed by atoms with Gasteiger partial charge in [-0.1, -0.05) is 36.2 Å². The fourth-order valence-corrected chi connectivity index (χ4v) is 3.39. The predicted octanol–water partition coefficient (Wildman–Crippen LogP) is 3.96. The lowest BCUT2D eigenvalue weighted by atomic mass is 10.1. The van der Waals surface area contributed by atoms with Crippen molar-refractivity contribution in [3.63, 3.8) is 0 Å². The van der Waals surface area contributed by atoms with Gasteiger partial charge < -0.3 is 15.1 Å². The fraction of sp³-hybridized carbons (Fsp3) is 0.421. The summed E-state index contributed by atoms with van der Waals surface area (Å²) in [6.07, 6.45) is 5.34. The zero-order valence-electron chi connectivity index (χ0n) is 14.2. The fourth-order valence-electron chi connectivity index (χ4n) is 3.19. The molecule has 1 fully saturated rings. The lowest BCUT2D eigenvalue weighted by Crippen LogP contribution is -2.43. The van der Waals surface area contributed by atoms with Gasteiger partial charge in [0.15, 0.2) is 0 Å². The number of furan rings is 1. The van der Waals surface area contributed by atoms with Gasteiger partial charge in [-0.3, -0.25) is 4.90 Å². The molecule has 0 spiro atoms. The SMILES string of the molecule is O=C(NCc1ccccc1Cl)NCC(c1ccco1)N1CCCCC1. The Morgan fingerprint density at radius 1 is 1.12 bits per heavy atom.